The van der Waals surface area contributed by atoms with Crippen LogP contribution in [0.15, 0.2) is 18.2 Å². The summed E-state index contributed by atoms with van der Waals surface area (Å²) in [5, 5.41) is 8.60. The second-order valence-electron chi connectivity index (χ2n) is 2.08. The minimum atomic E-state index is 0.497. The van der Waals surface area contributed by atoms with Crippen LogP contribution < -0.4 is 9.47 Å². The van der Waals surface area contributed by atoms with E-state index in [4.69, 9.17) is 14.7 Å². The van der Waals surface area contributed by atoms with Gasteiger partial charge in [0.2, 0.25) is 0 Å². The van der Waals surface area contributed by atoms with Crippen molar-refractivity contribution < 1.29 is 9.47 Å². The largest absolute Gasteiger partial charge is 0.444 e. The van der Waals surface area contributed by atoms with Crippen molar-refractivity contribution in [1.29, 1.82) is 5.26 Å². The maximum absolute atomic E-state index is 8.60. The SMILES string of the molecule is N#Cc1cccc2c1O[CH]O2. The average Bonchev–Trinajstić information content (AvgIpc) is 2.50. The van der Waals surface area contributed by atoms with E-state index in [1.54, 1.807) is 18.2 Å². The van der Waals surface area contributed by atoms with Crippen LogP contribution in [0.3, 0.4) is 0 Å². The fourth-order valence-electron chi connectivity index (χ4n) is 0.942. The number of para-hydroxylation sites is 1. The van der Waals surface area contributed by atoms with Crippen LogP contribution in [-0.4, -0.2) is 0 Å². The Hall–Kier alpha value is -1.69. The molecule has 0 amide bonds. The van der Waals surface area contributed by atoms with Crippen LogP contribution in [0.5, 0.6) is 11.5 Å². The van der Waals surface area contributed by atoms with Gasteiger partial charge in [-0.1, -0.05) is 6.07 Å². The molecule has 0 saturated heterocycles. The Balaban J connectivity index is 2.61. The second kappa shape index (κ2) is 2.17. The predicted molar refractivity (Wildman–Crippen MR) is 36.7 cm³/mol. The highest BCUT2D eigenvalue weighted by Gasteiger charge is 2.17. The molecule has 2 rings (SSSR count). The quantitative estimate of drug-likeness (QED) is 0.556. The van der Waals surface area contributed by atoms with E-state index in [1.807, 2.05) is 6.07 Å². The smallest absolute Gasteiger partial charge is 0.316 e. The summed E-state index contributed by atoms with van der Waals surface area (Å²) in [7, 11) is 0. The van der Waals surface area contributed by atoms with Gasteiger partial charge in [-0.15, -0.1) is 0 Å². The third-order valence-corrected chi connectivity index (χ3v) is 1.44. The number of rotatable bonds is 0. The van der Waals surface area contributed by atoms with Gasteiger partial charge in [0.1, 0.15) is 6.07 Å². The number of hydrogen-bond acceptors (Lipinski definition) is 3. The summed E-state index contributed by atoms with van der Waals surface area (Å²) >= 11 is 0. The number of nitrogens with zero attached hydrogens (tertiary/aromatic N) is 1. The van der Waals surface area contributed by atoms with Crippen LogP contribution in [0.1, 0.15) is 5.56 Å². The summed E-state index contributed by atoms with van der Waals surface area (Å²) in [6.07, 6.45) is 0. The van der Waals surface area contributed by atoms with Crippen LogP contribution >= 0.6 is 0 Å². The first kappa shape index (κ1) is 6.05. The zero-order chi connectivity index (χ0) is 7.68. The first-order valence-corrected chi connectivity index (χ1v) is 3.10. The normalized spacial score (nSPS) is 12.6. The van der Waals surface area contributed by atoms with Gasteiger partial charge in [0.15, 0.2) is 11.5 Å². The van der Waals surface area contributed by atoms with E-state index in [2.05, 4.69) is 0 Å². The Morgan fingerprint density at radius 3 is 3.00 bits per heavy atom. The molecule has 0 aromatic heterocycles. The Labute approximate surface area is 63.8 Å². The third kappa shape index (κ3) is 0.802. The van der Waals surface area contributed by atoms with Gasteiger partial charge in [-0.05, 0) is 12.1 Å². The second-order valence-corrected chi connectivity index (χ2v) is 2.08. The maximum Gasteiger partial charge on any atom is 0.316 e. The van der Waals surface area contributed by atoms with Gasteiger partial charge in [0, 0.05) is 0 Å². The average molecular weight is 146 g/mol. The zero-order valence-electron chi connectivity index (χ0n) is 5.57. The highest BCUT2D eigenvalue weighted by atomic mass is 16.7. The monoisotopic (exact) mass is 146 g/mol. The number of ether oxygens (including phenoxy) is 2. The van der Waals surface area contributed by atoms with Crippen LogP contribution in [-0.2, 0) is 0 Å². The predicted octanol–water partition coefficient (Wildman–Crippen LogP) is 1.45. The first-order valence-electron chi connectivity index (χ1n) is 3.10. The summed E-state index contributed by atoms with van der Waals surface area (Å²) in [4.78, 5) is 0. The molecule has 1 heterocycles. The number of fused-ring (bicyclic) bond motifs is 1. The first-order chi connectivity index (χ1) is 5.42. The van der Waals surface area contributed by atoms with Crippen molar-refractivity contribution in [1.82, 2.24) is 0 Å². The van der Waals surface area contributed by atoms with Crippen molar-refractivity contribution in [2.75, 3.05) is 0 Å². The molecule has 0 spiro atoms. The third-order valence-electron chi connectivity index (χ3n) is 1.44. The van der Waals surface area contributed by atoms with Crippen molar-refractivity contribution in [3.8, 4) is 17.6 Å². The Kier molecular flexibility index (Phi) is 1.19. The highest BCUT2D eigenvalue weighted by molar-refractivity contribution is 5.54. The van der Waals surface area contributed by atoms with E-state index in [0.29, 0.717) is 17.1 Å². The molecule has 0 unspecified atom stereocenters. The number of nitriles is 1. The van der Waals surface area contributed by atoms with Gasteiger partial charge >= 0.3 is 6.79 Å². The van der Waals surface area contributed by atoms with Crippen LogP contribution in [0.25, 0.3) is 0 Å². The van der Waals surface area contributed by atoms with Gasteiger partial charge in [-0.25, -0.2) is 0 Å². The van der Waals surface area contributed by atoms with Gasteiger partial charge < -0.3 is 9.47 Å². The highest BCUT2D eigenvalue weighted by Crippen LogP contribution is 2.35. The van der Waals surface area contributed by atoms with Crippen LogP contribution in [0.2, 0.25) is 0 Å². The van der Waals surface area contributed by atoms with Gasteiger partial charge in [0.25, 0.3) is 0 Å². The molecule has 0 saturated carbocycles. The Bertz CT molecular complexity index is 327. The molecule has 1 aromatic rings. The minimum Gasteiger partial charge on any atom is -0.444 e. The molecule has 0 atom stereocenters. The zero-order valence-corrected chi connectivity index (χ0v) is 5.57. The molecule has 0 bridgehead atoms. The van der Waals surface area contributed by atoms with Crippen molar-refractivity contribution in [3.63, 3.8) is 0 Å². The van der Waals surface area contributed by atoms with E-state index in [-0.39, 0.29) is 0 Å². The van der Waals surface area contributed by atoms with Crippen molar-refractivity contribution in [3.05, 3.63) is 30.6 Å². The number of hydrogen-bond donors (Lipinski definition) is 0. The van der Waals surface area contributed by atoms with Crippen LogP contribution in [0, 0.1) is 18.1 Å². The summed E-state index contributed by atoms with van der Waals surface area (Å²) in [6, 6.07) is 7.18. The lowest BCUT2D eigenvalue weighted by atomic mass is 10.2. The molecule has 11 heavy (non-hydrogen) atoms. The van der Waals surface area contributed by atoms with E-state index in [1.165, 1.54) is 6.79 Å². The van der Waals surface area contributed by atoms with Crippen molar-refractivity contribution in [2.45, 2.75) is 0 Å². The fourth-order valence-corrected chi connectivity index (χ4v) is 0.942. The number of benzene rings is 1. The molecule has 1 aliphatic rings. The molecule has 0 fully saturated rings. The lowest BCUT2D eigenvalue weighted by Gasteiger charge is -1.94. The maximum atomic E-state index is 8.60. The molecule has 1 aromatic carbocycles. The van der Waals surface area contributed by atoms with E-state index >= 15 is 0 Å². The standard InChI is InChI=1S/C8H4NO2/c9-4-6-2-1-3-7-8(6)11-5-10-7/h1-3,5H. The lowest BCUT2D eigenvalue weighted by molar-refractivity contribution is 0.270. The molecule has 53 valence electrons. The fraction of sp³-hybridized carbons (Fsp3) is 0. The molecular formula is C8H4NO2. The van der Waals surface area contributed by atoms with E-state index in [0.717, 1.165) is 0 Å². The molecule has 1 aliphatic heterocycles. The van der Waals surface area contributed by atoms with Crippen molar-refractivity contribution in [2.24, 2.45) is 0 Å². The summed E-state index contributed by atoms with van der Waals surface area (Å²) in [5.74, 6) is 1.11. The van der Waals surface area contributed by atoms with Crippen molar-refractivity contribution >= 4 is 0 Å². The van der Waals surface area contributed by atoms with Gasteiger partial charge in [-0.3, -0.25) is 0 Å². The molecule has 3 heteroatoms. The summed E-state index contributed by atoms with van der Waals surface area (Å²) in [5.41, 5.74) is 0.497. The molecule has 0 aliphatic carbocycles. The van der Waals surface area contributed by atoms with Gasteiger partial charge in [-0.2, -0.15) is 5.26 Å². The topological polar surface area (TPSA) is 42.2 Å². The Morgan fingerprint density at radius 2 is 2.18 bits per heavy atom. The Morgan fingerprint density at radius 1 is 1.27 bits per heavy atom. The molecular weight excluding hydrogens is 142 g/mol. The summed E-state index contributed by atoms with van der Waals surface area (Å²) < 4.78 is 9.89. The van der Waals surface area contributed by atoms with Crippen LogP contribution in [0.4, 0.5) is 0 Å². The molecule has 3 nitrogen and oxygen atoms in total. The molecule has 1 radical (unpaired) electrons. The molecule has 0 N–H and O–H groups in total. The van der Waals surface area contributed by atoms with E-state index in [9.17, 15) is 0 Å². The van der Waals surface area contributed by atoms with E-state index < -0.39 is 0 Å². The lowest BCUT2D eigenvalue weighted by Crippen LogP contribution is -1.84. The minimum absolute atomic E-state index is 0.497. The van der Waals surface area contributed by atoms with Gasteiger partial charge in [0.05, 0.1) is 5.56 Å². The summed E-state index contributed by atoms with van der Waals surface area (Å²) in [6.45, 7) is 1.21.